The van der Waals surface area contributed by atoms with E-state index in [4.69, 9.17) is 4.74 Å². The van der Waals surface area contributed by atoms with Crippen molar-refractivity contribution in [3.63, 3.8) is 0 Å². The maximum Gasteiger partial charge on any atom is 0.0923 e. The number of rotatable bonds is 2. The van der Waals surface area contributed by atoms with Crippen molar-refractivity contribution in [3.05, 3.63) is 23.3 Å². The van der Waals surface area contributed by atoms with E-state index in [-0.39, 0.29) is 5.60 Å². The molecule has 1 fully saturated rings. The summed E-state index contributed by atoms with van der Waals surface area (Å²) in [6.45, 7) is 9.39. The molecule has 0 saturated carbocycles. The van der Waals surface area contributed by atoms with Gasteiger partial charge in [-0.2, -0.15) is 0 Å². The van der Waals surface area contributed by atoms with E-state index in [0.29, 0.717) is 24.5 Å². The van der Waals surface area contributed by atoms with Crippen molar-refractivity contribution in [3.8, 4) is 0 Å². The van der Waals surface area contributed by atoms with Gasteiger partial charge in [0, 0.05) is 6.61 Å². The first-order valence-electron chi connectivity index (χ1n) is 9.09. The molecule has 2 heteroatoms. The van der Waals surface area contributed by atoms with Crippen LogP contribution < -0.4 is 0 Å². The molecule has 0 bridgehead atoms. The van der Waals surface area contributed by atoms with Gasteiger partial charge >= 0.3 is 0 Å². The van der Waals surface area contributed by atoms with Crippen molar-refractivity contribution in [2.75, 3.05) is 6.61 Å². The van der Waals surface area contributed by atoms with Crippen molar-refractivity contribution >= 4 is 0 Å². The van der Waals surface area contributed by atoms with Gasteiger partial charge in [-0.1, -0.05) is 37.1 Å². The average molecular weight is 306 g/mol. The maximum absolute atomic E-state index is 9.56. The zero-order valence-electron chi connectivity index (χ0n) is 14.9. The fraction of sp³-hybridized carbons (Fsp3) is 0.800. The highest BCUT2D eigenvalue weighted by atomic mass is 16.6. The van der Waals surface area contributed by atoms with Crippen LogP contribution in [0.2, 0.25) is 0 Å². The van der Waals surface area contributed by atoms with E-state index in [9.17, 15) is 5.11 Å². The summed E-state index contributed by atoms with van der Waals surface area (Å²) in [5.41, 5.74) is 3.08. The lowest BCUT2D eigenvalue weighted by molar-refractivity contribution is 0.202. The molecule has 0 aromatic rings. The summed E-state index contributed by atoms with van der Waals surface area (Å²) in [4.78, 5) is 0. The molecular weight excluding hydrogens is 272 g/mol. The first kappa shape index (κ1) is 17.7. The molecule has 0 spiro atoms. The van der Waals surface area contributed by atoms with Gasteiger partial charge in [-0.05, 0) is 70.6 Å². The fourth-order valence-corrected chi connectivity index (χ4v) is 3.55. The van der Waals surface area contributed by atoms with Gasteiger partial charge in [0.1, 0.15) is 0 Å². The van der Waals surface area contributed by atoms with Crippen LogP contribution in [-0.4, -0.2) is 23.4 Å². The second-order valence-electron chi connectivity index (χ2n) is 7.85. The third-order valence-corrected chi connectivity index (χ3v) is 5.55. The molecule has 2 rings (SSSR count). The quantitative estimate of drug-likeness (QED) is 0.726. The molecule has 0 aromatic heterocycles. The van der Waals surface area contributed by atoms with Gasteiger partial charge in [0.2, 0.25) is 0 Å². The predicted molar refractivity (Wildman–Crippen MR) is 92.9 cm³/mol. The number of epoxide rings is 1. The summed E-state index contributed by atoms with van der Waals surface area (Å²) < 4.78 is 6.00. The van der Waals surface area contributed by atoms with E-state index in [1.54, 1.807) is 5.57 Å². The summed E-state index contributed by atoms with van der Waals surface area (Å²) >= 11 is 0. The van der Waals surface area contributed by atoms with Crippen molar-refractivity contribution < 1.29 is 9.84 Å². The second-order valence-corrected chi connectivity index (χ2v) is 7.85. The highest BCUT2D eigenvalue weighted by Crippen LogP contribution is 2.44. The number of fused-ring (bicyclic) bond motifs is 1. The number of allylic oxidation sites excluding steroid dienone is 4. The third-order valence-electron chi connectivity index (χ3n) is 5.55. The molecule has 126 valence electrons. The van der Waals surface area contributed by atoms with Gasteiger partial charge in [-0.3, -0.25) is 0 Å². The van der Waals surface area contributed by atoms with Crippen molar-refractivity contribution in [2.24, 2.45) is 11.8 Å². The fourth-order valence-electron chi connectivity index (χ4n) is 3.55. The van der Waals surface area contributed by atoms with Crippen LogP contribution in [0.3, 0.4) is 0 Å². The Labute approximate surface area is 136 Å². The largest absolute Gasteiger partial charge is 0.396 e. The standard InChI is InChI=1S/C20H34O2/c1-15(2)18-10-8-16(3)6-5-7-17(14-21)9-11-19-20(4,22-19)13-12-18/h8,10,15,17,19,21H,5-7,9,11-14H2,1-4H3/b16-8+,18-10+/t17-,19+,20+/m1/s1. The molecule has 1 aliphatic carbocycles. The Morgan fingerprint density at radius 2 is 2.00 bits per heavy atom. The molecular formula is C20H34O2. The topological polar surface area (TPSA) is 32.8 Å². The van der Waals surface area contributed by atoms with Crippen LogP contribution in [0.25, 0.3) is 0 Å². The molecule has 1 aliphatic heterocycles. The van der Waals surface area contributed by atoms with E-state index in [1.807, 2.05) is 0 Å². The minimum atomic E-state index is 0.0802. The summed E-state index contributed by atoms with van der Waals surface area (Å²) in [5, 5.41) is 9.56. The zero-order valence-corrected chi connectivity index (χ0v) is 14.9. The van der Waals surface area contributed by atoms with Crippen LogP contribution in [0, 0.1) is 11.8 Å². The van der Waals surface area contributed by atoms with Crippen molar-refractivity contribution in [2.45, 2.75) is 84.3 Å². The van der Waals surface area contributed by atoms with Crippen molar-refractivity contribution in [1.29, 1.82) is 0 Å². The molecule has 0 unspecified atom stereocenters. The summed E-state index contributed by atoms with van der Waals surface area (Å²) in [5.74, 6) is 1.06. The van der Waals surface area contributed by atoms with Gasteiger partial charge in [0.15, 0.2) is 0 Å². The molecule has 1 saturated heterocycles. The number of aliphatic hydroxyl groups excluding tert-OH is 1. The number of hydrogen-bond donors (Lipinski definition) is 1. The van der Waals surface area contributed by atoms with Gasteiger partial charge < -0.3 is 9.84 Å². The minimum absolute atomic E-state index is 0.0802. The Morgan fingerprint density at radius 3 is 2.68 bits per heavy atom. The minimum Gasteiger partial charge on any atom is -0.396 e. The number of ether oxygens (including phenoxy) is 1. The molecule has 22 heavy (non-hydrogen) atoms. The highest BCUT2D eigenvalue weighted by Gasteiger charge is 2.50. The number of hydrogen-bond acceptors (Lipinski definition) is 2. The van der Waals surface area contributed by atoms with E-state index in [2.05, 4.69) is 39.8 Å². The first-order chi connectivity index (χ1) is 10.4. The Kier molecular flexibility index (Phi) is 6.28. The predicted octanol–water partition coefficient (Wildman–Crippen LogP) is 5.03. The molecule has 1 N–H and O–H groups in total. The first-order valence-corrected chi connectivity index (χ1v) is 9.09. The molecule has 1 heterocycles. The van der Waals surface area contributed by atoms with Gasteiger partial charge in [-0.25, -0.2) is 0 Å². The maximum atomic E-state index is 9.56. The molecule has 3 atom stereocenters. The smallest absolute Gasteiger partial charge is 0.0923 e. The van der Waals surface area contributed by atoms with Gasteiger partial charge in [0.25, 0.3) is 0 Å². The summed E-state index contributed by atoms with van der Waals surface area (Å²) in [6.07, 6.45) is 13.0. The Balaban J connectivity index is 2.07. The van der Waals surface area contributed by atoms with Crippen LogP contribution >= 0.6 is 0 Å². The SMILES string of the molecule is C/C1=C\C=C(\C(C)C)CC[C@]2(C)O[C@H]2CC[C@H](CO)CCC1. The lowest BCUT2D eigenvalue weighted by atomic mass is 9.88. The van der Waals surface area contributed by atoms with E-state index < -0.39 is 0 Å². The Bertz CT molecular complexity index is 421. The highest BCUT2D eigenvalue weighted by molar-refractivity contribution is 5.19. The van der Waals surface area contributed by atoms with Gasteiger partial charge in [-0.15, -0.1) is 0 Å². The zero-order chi connectivity index (χ0) is 16.2. The summed E-state index contributed by atoms with van der Waals surface area (Å²) in [7, 11) is 0. The Morgan fingerprint density at radius 1 is 1.23 bits per heavy atom. The third kappa shape index (κ3) is 4.96. The molecule has 0 radical (unpaired) electrons. The lowest BCUT2D eigenvalue weighted by Crippen LogP contribution is -2.14. The van der Waals surface area contributed by atoms with Crippen molar-refractivity contribution in [1.82, 2.24) is 0 Å². The Hall–Kier alpha value is -0.600. The molecule has 2 aliphatic rings. The van der Waals surface area contributed by atoms with Gasteiger partial charge in [0.05, 0.1) is 11.7 Å². The van der Waals surface area contributed by atoms with Crippen LogP contribution in [0.5, 0.6) is 0 Å². The molecule has 0 aromatic carbocycles. The van der Waals surface area contributed by atoms with Crippen LogP contribution in [-0.2, 0) is 4.74 Å². The van der Waals surface area contributed by atoms with Crippen LogP contribution in [0.4, 0.5) is 0 Å². The van der Waals surface area contributed by atoms with E-state index in [1.165, 1.54) is 12.0 Å². The van der Waals surface area contributed by atoms with Crippen LogP contribution in [0.15, 0.2) is 23.3 Å². The lowest BCUT2D eigenvalue weighted by Gasteiger charge is -2.16. The van der Waals surface area contributed by atoms with E-state index in [0.717, 1.165) is 38.5 Å². The van der Waals surface area contributed by atoms with Crippen LogP contribution in [0.1, 0.15) is 72.6 Å². The number of aliphatic hydroxyl groups is 1. The monoisotopic (exact) mass is 306 g/mol. The second kappa shape index (κ2) is 7.79. The molecule has 2 nitrogen and oxygen atoms in total. The normalized spacial score (nSPS) is 39.2. The summed E-state index contributed by atoms with van der Waals surface area (Å²) in [6, 6.07) is 0. The average Bonchev–Trinajstić information content (AvgIpc) is 3.12. The van der Waals surface area contributed by atoms with E-state index >= 15 is 0 Å². The molecule has 0 amide bonds.